The third kappa shape index (κ3) is 42.4. The summed E-state index contributed by atoms with van der Waals surface area (Å²) < 4.78 is 23.6. The van der Waals surface area contributed by atoms with E-state index in [9.17, 15) is 19.4 Å². The molecule has 0 radical (unpaired) electrons. The largest absolute Gasteiger partial charge is 0.472 e. The molecule has 1 amide bonds. The van der Waals surface area contributed by atoms with Crippen molar-refractivity contribution in [3.8, 4) is 0 Å². The number of amides is 1. The van der Waals surface area contributed by atoms with Crippen molar-refractivity contribution in [2.45, 2.75) is 212 Å². The molecule has 0 fully saturated rings. The summed E-state index contributed by atoms with van der Waals surface area (Å²) in [6.45, 7) is 4.68. The van der Waals surface area contributed by atoms with Gasteiger partial charge in [-0.15, -0.1) is 0 Å². The summed E-state index contributed by atoms with van der Waals surface area (Å²) in [5, 5.41) is 13.8. The van der Waals surface area contributed by atoms with Crippen LogP contribution in [0, 0.1) is 0 Å². The molecular weight excluding hydrogens is 732 g/mol. The lowest BCUT2D eigenvalue weighted by atomic mass is 10.0. The fraction of sp³-hybridized carbons (Fsp3) is 0.812. The maximum atomic E-state index is 12.9. The lowest BCUT2D eigenvalue weighted by molar-refractivity contribution is -0.870. The highest BCUT2D eigenvalue weighted by Gasteiger charge is 2.27. The second kappa shape index (κ2) is 39.9. The number of allylic oxidation sites excluding steroid dienone is 7. The number of aliphatic hydroxyl groups is 1. The van der Waals surface area contributed by atoms with Crippen LogP contribution in [0.1, 0.15) is 200 Å². The van der Waals surface area contributed by atoms with Gasteiger partial charge in [-0.3, -0.25) is 13.8 Å². The SMILES string of the molecule is CC/C=C\C/C=C\CCCCCCCCCCCCCCCCC(=O)NC(COP(=O)(O)OCC[N+](C)(C)C)C(O)/C=C/CC/C=C/CCCCCCCCCC. The molecule has 0 aliphatic rings. The number of nitrogens with one attached hydrogen (secondary N) is 1. The Bertz CT molecular complexity index is 1070. The Kier molecular flexibility index (Phi) is 38.8. The lowest BCUT2D eigenvalue weighted by Gasteiger charge is -2.25. The van der Waals surface area contributed by atoms with Crippen molar-refractivity contribution >= 4 is 13.7 Å². The van der Waals surface area contributed by atoms with Gasteiger partial charge in [-0.1, -0.05) is 184 Å². The third-order valence-corrected chi connectivity index (χ3v) is 11.3. The number of hydrogen-bond acceptors (Lipinski definition) is 5. The monoisotopic (exact) mass is 824 g/mol. The van der Waals surface area contributed by atoms with Crippen molar-refractivity contribution in [1.82, 2.24) is 5.32 Å². The molecule has 8 nitrogen and oxygen atoms in total. The molecule has 3 unspecified atom stereocenters. The number of aliphatic hydroxyl groups excluding tert-OH is 1. The number of carbonyl (C=O) groups excluding carboxylic acids is 1. The summed E-state index contributed by atoms with van der Waals surface area (Å²) in [4.78, 5) is 23.1. The molecule has 57 heavy (non-hydrogen) atoms. The van der Waals surface area contributed by atoms with Gasteiger partial charge in [0.15, 0.2) is 0 Å². The number of hydrogen-bond donors (Lipinski definition) is 3. The molecule has 0 bridgehead atoms. The van der Waals surface area contributed by atoms with Gasteiger partial charge in [-0.2, -0.15) is 0 Å². The predicted molar refractivity (Wildman–Crippen MR) is 244 cm³/mol. The predicted octanol–water partition coefficient (Wildman–Crippen LogP) is 13.2. The van der Waals surface area contributed by atoms with Crippen LogP contribution in [0.25, 0.3) is 0 Å². The zero-order valence-corrected chi connectivity index (χ0v) is 38.7. The molecule has 0 aromatic heterocycles. The van der Waals surface area contributed by atoms with E-state index in [1.54, 1.807) is 6.08 Å². The third-order valence-electron chi connectivity index (χ3n) is 10.3. The number of likely N-dealkylation sites (N-methyl/N-ethyl adjacent to an activating group) is 1. The quantitative estimate of drug-likeness (QED) is 0.0245. The Morgan fingerprint density at radius 1 is 0.614 bits per heavy atom. The molecule has 0 saturated heterocycles. The zero-order chi connectivity index (χ0) is 42.1. The van der Waals surface area contributed by atoms with E-state index in [0.717, 1.165) is 51.4 Å². The second-order valence-electron chi connectivity index (χ2n) is 17.1. The molecule has 0 aliphatic heterocycles. The van der Waals surface area contributed by atoms with Gasteiger partial charge in [-0.05, 0) is 57.8 Å². The highest BCUT2D eigenvalue weighted by Crippen LogP contribution is 2.43. The van der Waals surface area contributed by atoms with E-state index in [2.05, 4.69) is 55.6 Å². The number of phosphoric acid groups is 1. The van der Waals surface area contributed by atoms with E-state index in [4.69, 9.17) is 9.05 Å². The maximum absolute atomic E-state index is 12.9. The summed E-state index contributed by atoms with van der Waals surface area (Å²) in [7, 11) is 1.55. The summed E-state index contributed by atoms with van der Waals surface area (Å²) in [5.74, 6) is -0.189. The Hall–Kier alpha value is -1.54. The van der Waals surface area contributed by atoms with Crippen LogP contribution in [0.4, 0.5) is 0 Å². The standard InChI is InChI=1S/C48H91N2O6P/c1-6-8-10-12-14-16-18-20-22-23-24-25-26-27-28-30-32-34-36-38-40-42-48(52)49-46(45-56-57(53,54)55-44-43-50(3,4)5)47(51)41-39-37-35-33-31-29-21-19-17-15-13-11-9-7-2/h8,10,14,16,31,33,39,41,46-47,51H,6-7,9,11-13,15,17-30,32,34-38,40,42-45H2,1-5H3,(H-,49,52,53,54)/p+1/b10-8-,16-14-,33-31+,41-39+. The molecule has 0 saturated carbocycles. The molecule has 0 aromatic carbocycles. The van der Waals surface area contributed by atoms with Crippen LogP contribution in [0.5, 0.6) is 0 Å². The Balaban J connectivity index is 4.35. The highest BCUT2D eigenvalue weighted by molar-refractivity contribution is 7.47. The van der Waals surface area contributed by atoms with Gasteiger partial charge in [0.25, 0.3) is 0 Å². The molecule has 3 N–H and O–H groups in total. The number of phosphoric ester groups is 1. The van der Waals surface area contributed by atoms with Crippen molar-refractivity contribution in [3.05, 3.63) is 48.6 Å². The van der Waals surface area contributed by atoms with Crippen LogP contribution in [-0.2, 0) is 18.4 Å². The van der Waals surface area contributed by atoms with Gasteiger partial charge in [0, 0.05) is 6.42 Å². The minimum absolute atomic E-state index is 0.0556. The number of nitrogens with zero attached hydrogens (tertiary/aromatic N) is 1. The van der Waals surface area contributed by atoms with Crippen LogP contribution in [-0.4, -0.2) is 73.4 Å². The number of rotatable bonds is 42. The first-order valence-electron chi connectivity index (χ1n) is 23.5. The molecule has 9 heteroatoms. The Labute approximate surface area is 352 Å². The smallest absolute Gasteiger partial charge is 0.387 e. The number of quaternary nitrogens is 1. The molecule has 0 spiro atoms. The summed E-state index contributed by atoms with van der Waals surface area (Å²) in [5.41, 5.74) is 0. The van der Waals surface area contributed by atoms with E-state index < -0.39 is 20.0 Å². The summed E-state index contributed by atoms with van der Waals surface area (Å²) in [6, 6.07) is -0.862. The van der Waals surface area contributed by atoms with Crippen molar-refractivity contribution in [1.29, 1.82) is 0 Å². The normalized spacial score (nSPS) is 14.7. The number of unbranched alkanes of at least 4 members (excludes halogenated alkanes) is 23. The molecule has 0 aromatic rings. The van der Waals surface area contributed by atoms with E-state index >= 15 is 0 Å². The molecule has 0 aliphatic carbocycles. The van der Waals surface area contributed by atoms with Crippen molar-refractivity contribution in [3.63, 3.8) is 0 Å². The first-order chi connectivity index (χ1) is 27.5. The average Bonchev–Trinajstić information content (AvgIpc) is 3.16. The molecule has 3 atom stereocenters. The minimum atomic E-state index is -4.35. The lowest BCUT2D eigenvalue weighted by Crippen LogP contribution is -2.45. The number of carbonyl (C=O) groups is 1. The summed E-state index contributed by atoms with van der Waals surface area (Å²) in [6.07, 6.45) is 50.4. The van der Waals surface area contributed by atoms with Crippen LogP contribution in [0.15, 0.2) is 48.6 Å². The van der Waals surface area contributed by atoms with Gasteiger partial charge >= 0.3 is 7.82 Å². The van der Waals surface area contributed by atoms with E-state index in [-0.39, 0.29) is 19.1 Å². The van der Waals surface area contributed by atoms with Gasteiger partial charge in [0.05, 0.1) is 39.9 Å². The van der Waals surface area contributed by atoms with Gasteiger partial charge in [0.1, 0.15) is 13.2 Å². The summed E-state index contributed by atoms with van der Waals surface area (Å²) >= 11 is 0. The van der Waals surface area contributed by atoms with E-state index in [0.29, 0.717) is 17.4 Å². The minimum Gasteiger partial charge on any atom is -0.387 e. The fourth-order valence-electron chi connectivity index (χ4n) is 6.56. The van der Waals surface area contributed by atoms with Crippen molar-refractivity contribution in [2.24, 2.45) is 0 Å². The average molecular weight is 824 g/mol. The Morgan fingerprint density at radius 2 is 1.07 bits per heavy atom. The van der Waals surface area contributed by atoms with Gasteiger partial charge < -0.3 is 19.8 Å². The first-order valence-corrected chi connectivity index (χ1v) is 25.0. The van der Waals surface area contributed by atoms with Gasteiger partial charge in [-0.25, -0.2) is 4.57 Å². The van der Waals surface area contributed by atoms with E-state index in [1.165, 1.54) is 128 Å². The molecular formula is C48H92N2O6P+. The molecule has 0 heterocycles. The highest BCUT2D eigenvalue weighted by atomic mass is 31.2. The first kappa shape index (κ1) is 55.5. The van der Waals surface area contributed by atoms with E-state index in [1.807, 2.05) is 27.2 Å². The van der Waals surface area contributed by atoms with Crippen molar-refractivity contribution < 1.29 is 32.9 Å². The molecule has 0 rings (SSSR count). The second-order valence-corrected chi connectivity index (χ2v) is 18.5. The van der Waals surface area contributed by atoms with Crippen LogP contribution >= 0.6 is 7.82 Å². The van der Waals surface area contributed by atoms with Crippen LogP contribution < -0.4 is 5.32 Å². The maximum Gasteiger partial charge on any atom is 0.472 e. The van der Waals surface area contributed by atoms with Crippen molar-refractivity contribution in [2.75, 3.05) is 40.9 Å². The van der Waals surface area contributed by atoms with Crippen LogP contribution in [0.3, 0.4) is 0 Å². The van der Waals surface area contributed by atoms with Crippen LogP contribution in [0.2, 0.25) is 0 Å². The Morgan fingerprint density at radius 3 is 1.60 bits per heavy atom. The topological polar surface area (TPSA) is 105 Å². The fourth-order valence-corrected chi connectivity index (χ4v) is 7.30. The molecule has 334 valence electrons. The van der Waals surface area contributed by atoms with Gasteiger partial charge in [0.2, 0.25) is 5.91 Å². The zero-order valence-electron chi connectivity index (χ0n) is 37.8.